The summed E-state index contributed by atoms with van der Waals surface area (Å²) in [5.41, 5.74) is -1.44. The van der Waals surface area contributed by atoms with Crippen LogP contribution in [0.1, 0.15) is 19.4 Å². The summed E-state index contributed by atoms with van der Waals surface area (Å²) >= 11 is 0. The van der Waals surface area contributed by atoms with Crippen LogP contribution in [0.15, 0.2) is 12.3 Å². The predicted octanol–water partition coefficient (Wildman–Crippen LogP) is 1.01. The largest absolute Gasteiger partial charge is 0.470 e. The molecule has 0 saturated carbocycles. The van der Waals surface area contributed by atoms with Crippen LogP contribution in [0.5, 0.6) is 5.88 Å². The average Bonchev–Trinajstić information content (AvgIpc) is 2.25. The number of nitrogens with zero attached hydrogens (tertiary/aromatic N) is 3. The zero-order valence-electron chi connectivity index (χ0n) is 9.38. The molecule has 7 nitrogen and oxygen atoms in total. The lowest BCUT2D eigenvalue weighted by Crippen LogP contribution is -2.28. The minimum Gasteiger partial charge on any atom is -0.470 e. The second-order valence-electron chi connectivity index (χ2n) is 4.02. The maximum Gasteiger partial charge on any atom is 0.332 e. The highest BCUT2D eigenvalue weighted by molar-refractivity contribution is 5.46. The fourth-order valence-electron chi connectivity index (χ4n) is 0.989. The van der Waals surface area contributed by atoms with Crippen molar-refractivity contribution in [3.8, 4) is 11.9 Å². The summed E-state index contributed by atoms with van der Waals surface area (Å²) in [4.78, 5) is 13.7. The normalized spacial score (nSPS) is 10.7. The van der Waals surface area contributed by atoms with Gasteiger partial charge in [0.05, 0.1) is 16.1 Å². The zero-order valence-corrected chi connectivity index (χ0v) is 9.38. The molecule has 0 unspecified atom stereocenters. The molecule has 0 bridgehead atoms. The molecule has 1 rings (SSSR count). The van der Waals surface area contributed by atoms with Crippen LogP contribution in [0.4, 0.5) is 5.69 Å². The smallest absolute Gasteiger partial charge is 0.332 e. The first-order chi connectivity index (χ1) is 7.83. The Morgan fingerprint density at radius 2 is 2.35 bits per heavy atom. The van der Waals surface area contributed by atoms with E-state index in [9.17, 15) is 15.2 Å². The summed E-state index contributed by atoms with van der Waals surface area (Å²) in [6.07, 6.45) is 1.17. The van der Waals surface area contributed by atoms with E-state index in [1.807, 2.05) is 0 Å². The van der Waals surface area contributed by atoms with Gasteiger partial charge in [-0.1, -0.05) is 0 Å². The van der Waals surface area contributed by atoms with E-state index in [0.29, 0.717) is 0 Å². The quantitative estimate of drug-likeness (QED) is 0.618. The van der Waals surface area contributed by atoms with Gasteiger partial charge in [-0.3, -0.25) is 10.1 Å². The van der Waals surface area contributed by atoms with Gasteiger partial charge in [-0.15, -0.1) is 0 Å². The van der Waals surface area contributed by atoms with E-state index in [1.54, 1.807) is 6.07 Å². The molecular formula is C10H11N3O4. The van der Waals surface area contributed by atoms with Crippen molar-refractivity contribution in [2.75, 3.05) is 6.61 Å². The first-order valence-corrected chi connectivity index (χ1v) is 4.73. The molecule has 1 heterocycles. The Labute approximate surface area is 97.4 Å². The number of aliphatic hydroxyl groups is 1. The molecule has 0 aliphatic heterocycles. The standard InChI is InChI=1S/C10H11N3O4/c1-10(2,14)6-17-9-8(13(15)16)3-7(4-11)5-12-9/h3,5,14H,6H2,1-2H3. The van der Waals surface area contributed by atoms with Crippen LogP contribution in [-0.2, 0) is 0 Å². The van der Waals surface area contributed by atoms with E-state index in [4.69, 9.17) is 10.00 Å². The molecular weight excluding hydrogens is 226 g/mol. The van der Waals surface area contributed by atoms with Crippen molar-refractivity contribution in [1.29, 1.82) is 5.26 Å². The van der Waals surface area contributed by atoms with Crippen LogP contribution >= 0.6 is 0 Å². The molecule has 1 aromatic rings. The van der Waals surface area contributed by atoms with Gasteiger partial charge in [-0.2, -0.15) is 5.26 Å². The monoisotopic (exact) mass is 237 g/mol. The van der Waals surface area contributed by atoms with Crippen LogP contribution in [0.3, 0.4) is 0 Å². The van der Waals surface area contributed by atoms with Crippen LogP contribution in [0, 0.1) is 21.4 Å². The van der Waals surface area contributed by atoms with Gasteiger partial charge in [0.15, 0.2) is 0 Å². The molecule has 1 N–H and O–H groups in total. The predicted molar refractivity (Wildman–Crippen MR) is 57.4 cm³/mol. The van der Waals surface area contributed by atoms with Crippen molar-refractivity contribution in [2.24, 2.45) is 0 Å². The van der Waals surface area contributed by atoms with Crippen LogP contribution < -0.4 is 4.74 Å². The molecule has 1 aromatic heterocycles. The van der Waals surface area contributed by atoms with Crippen molar-refractivity contribution < 1.29 is 14.8 Å². The van der Waals surface area contributed by atoms with Gasteiger partial charge < -0.3 is 9.84 Å². The fourth-order valence-corrected chi connectivity index (χ4v) is 0.989. The highest BCUT2D eigenvalue weighted by Gasteiger charge is 2.21. The van der Waals surface area contributed by atoms with Crippen LogP contribution in [0.25, 0.3) is 0 Å². The molecule has 0 spiro atoms. The molecule has 0 aromatic carbocycles. The Hall–Kier alpha value is -2.20. The number of hydrogen-bond donors (Lipinski definition) is 1. The number of hydrogen-bond acceptors (Lipinski definition) is 6. The fraction of sp³-hybridized carbons (Fsp3) is 0.400. The third kappa shape index (κ3) is 3.70. The van der Waals surface area contributed by atoms with Crippen LogP contribution in [-0.4, -0.2) is 27.2 Å². The lowest BCUT2D eigenvalue weighted by molar-refractivity contribution is -0.386. The zero-order chi connectivity index (χ0) is 13.1. The van der Waals surface area contributed by atoms with Gasteiger partial charge >= 0.3 is 5.69 Å². The number of nitro groups is 1. The Kier molecular flexibility index (Phi) is 3.60. The number of nitriles is 1. The van der Waals surface area contributed by atoms with Gasteiger partial charge in [-0.25, -0.2) is 4.98 Å². The number of rotatable bonds is 4. The Morgan fingerprint density at radius 3 is 2.82 bits per heavy atom. The number of ether oxygens (including phenoxy) is 1. The van der Waals surface area contributed by atoms with E-state index in [1.165, 1.54) is 20.0 Å². The van der Waals surface area contributed by atoms with Crippen molar-refractivity contribution in [1.82, 2.24) is 4.98 Å². The Morgan fingerprint density at radius 1 is 1.71 bits per heavy atom. The van der Waals surface area contributed by atoms with E-state index >= 15 is 0 Å². The van der Waals surface area contributed by atoms with Crippen molar-refractivity contribution in [3.05, 3.63) is 27.9 Å². The maximum absolute atomic E-state index is 10.7. The Balaban J connectivity index is 3.00. The van der Waals surface area contributed by atoms with Gasteiger partial charge in [0.2, 0.25) is 0 Å². The van der Waals surface area contributed by atoms with Crippen molar-refractivity contribution in [3.63, 3.8) is 0 Å². The Bertz CT molecular complexity index is 473. The third-order valence-corrected chi connectivity index (χ3v) is 1.72. The second kappa shape index (κ2) is 4.76. The van der Waals surface area contributed by atoms with Crippen molar-refractivity contribution in [2.45, 2.75) is 19.4 Å². The van der Waals surface area contributed by atoms with E-state index < -0.39 is 16.2 Å². The average molecular weight is 237 g/mol. The lowest BCUT2D eigenvalue weighted by atomic mass is 10.2. The minimum atomic E-state index is -1.12. The summed E-state index contributed by atoms with van der Waals surface area (Å²) in [7, 11) is 0. The first-order valence-electron chi connectivity index (χ1n) is 4.73. The summed E-state index contributed by atoms with van der Waals surface area (Å²) in [5.74, 6) is -0.212. The molecule has 0 saturated heterocycles. The first kappa shape index (κ1) is 12.9. The van der Waals surface area contributed by atoms with E-state index in [-0.39, 0.29) is 18.1 Å². The van der Waals surface area contributed by atoms with E-state index in [2.05, 4.69) is 4.98 Å². The maximum atomic E-state index is 10.7. The third-order valence-electron chi connectivity index (χ3n) is 1.72. The lowest BCUT2D eigenvalue weighted by Gasteiger charge is -2.16. The molecule has 0 fully saturated rings. The summed E-state index contributed by atoms with van der Waals surface area (Å²) in [6.45, 7) is 2.87. The summed E-state index contributed by atoms with van der Waals surface area (Å²) in [5, 5.41) is 28.8. The molecule has 0 aliphatic carbocycles. The number of aromatic nitrogens is 1. The molecule has 7 heteroatoms. The highest BCUT2D eigenvalue weighted by atomic mass is 16.6. The van der Waals surface area contributed by atoms with Gasteiger partial charge in [0, 0.05) is 12.3 Å². The number of pyridine rings is 1. The molecule has 90 valence electrons. The van der Waals surface area contributed by atoms with Gasteiger partial charge in [0.25, 0.3) is 5.88 Å². The highest BCUT2D eigenvalue weighted by Crippen LogP contribution is 2.25. The van der Waals surface area contributed by atoms with Gasteiger partial charge in [-0.05, 0) is 13.8 Å². The molecule has 0 radical (unpaired) electrons. The van der Waals surface area contributed by atoms with Gasteiger partial charge in [0.1, 0.15) is 12.7 Å². The molecule has 0 aliphatic rings. The van der Waals surface area contributed by atoms with Crippen molar-refractivity contribution >= 4 is 5.69 Å². The summed E-state index contributed by atoms with van der Waals surface area (Å²) in [6, 6.07) is 2.83. The van der Waals surface area contributed by atoms with E-state index in [0.717, 1.165) is 6.07 Å². The molecule has 17 heavy (non-hydrogen) atoms. The summed E-state index contributed by atoms with van der Waals surface area (Å²) < 4.78 is 5.05. The SMILES string of the molecule is CC(C)(O)COc1ncc(C#N)cc1[N+](=O)[O-]. The topological polar surface area (TPSA) is 109 Å². The molecule has 0 atom stereocenters. The second-order valence-corrected chi connectivity index (χ2v) is 4.02. The molecule has 0 amide bonds. The minimum absolute atomic E-state index is 0.0762. The van der Waals surface area contributed by atoms with Crippen LogP contribution in [0.2, 0.25) is 0 Å².